The van der Waals surface area contributed by atoms with Crippen LogP contribution in [0.25, 0.3) is 0 Å². The second-order valence-corrected chi connectivity index (χ2v) is 4.39. The molecule has 2 rings (SSSR count). The summed E-state index contributed by atoms with van der Waals surface area (Å²) in [5, 5.41) is 9.46. The van der Waals surface area contributed by atoms with Crippen LogP contribution in [0.15, 0.2) is 10.4 Å². The van der Waals surface area contributed by atoms with Crippen LogP contribution >= 0.6 is 11.3 Å². The largest absolute Gasteiger partial charge is 0.356 e. The molecular weight excluding hydrogens is 208 g/mol. The molecule has 1 aromatic heterocycles. The van der Waals surface area contributed by atoms with Crippen molar-refractivity contribution in [2.75, 3.05) is 18.4 Å². The van der Waals surface area contributed by atoms with Crippen molar-refractivity contribution in [2.24, 2.45) is 4.99 Å². The number of aliphatic imine (C=N–C) groups is 1. The van der Waals surface area contributed by atoms with Gasteiger partial charge in [-0.15, -0.1) is 11.3 Å². The Morgan fingerprint density at radius 1 is 1.60 bits per heavy atom. The molecule has 1 aliphatic heterocycles. The molecule has 5 heteroatoms. The number of anilines is 1. The first-order valence-corrected chi connectivity index (χ1v) is 6.26. The maximum absolute atomic E-state index is 4.48. The van der Waals surface area contributed by atoms with E-state index < -0.39 is 0 Å². The summed E-state index contributed by atoms with van der Waals surface area (Å²) in [6, 6.07) is 0. The molecule has 0 aliphatic carbocycles. The maximum Gasteiger partial charge on any atom is 0.197 e. The van der Waals surface area contributed by atoms with Gasteiger partial charge in [0.15, 0.2) is 11.1 Å². The number of thiazole rings is 1. The molecule has 0 atom stereocenters. The van der Waals surface area contributed by atoms with Gasteiger partial charge >= 0.3 is 0 Å². The van der Waals surface area contributed by atoms with Crippen molar-refractivity contribution in [3.05, 3.63) is 11.1 Å². The summed E-state index contributed by atoms with van der Waals surface area (Å²) in [7, 11) is 0. The molecule has 0 bridgehead atoms. The van der Waals surface area contributed by atoms with Gasteiger partial charge in [-0.2, -0.15) is 0 Å². The molecule has 1 aliphatic rings. The van der Waals surface area contributed by atoms with Crippen LogP contribution in [0.3, 0.4) is 0 Å². The molecule has 2 N–H and O–H groups in total. The third kappa shape index (κ3) is 2.92. The number of nitrogens with one attached hydrogen (secondary N) is 2. The van der Waals surface area contributed by atoms with E-state index in [0.717, 1.165) is 43.4 Å². The molecule has 0 unspecified atom stereocenters. The molecule has 2 heterocycles. The number of hydrogen-bond acceptors (Lipinski definition) is 5. The first kappa shape index (κ1) is 10.4. The average molecular weight is 224 g/mol. The third-order valence-corrected chi connectivity index (χ3v) is 2.99. The number of hydrogen-bond donors (Lipinski definition) is 2. The van der Waals surface area contributed by atoms with Crippen molar-refractivity contribution in [2.45, 2.75) is 26.2 Å². The lowest BCUT2D eigenvalue weighted by atomic mass is 10.3. The van der Waals surface area contributed by atoms with E-state index in [2.05, 4.69) is 32.9 Å². The van der Waals surface area contributed by atoms with Crippen LogP contribution in [0.2, 0.25) is 0 Å². The van der Waals surface area contributed by atoms with E-state index in [1.807, 2.05) is 0 Å². The summed E-state index contributed by atoms with van der Waals surface area (Å²) in [5.74, 6) is 0.860. The predicted octanol–water partition coefficient (Wildman–Crippen LogP) is 1.86. The van der Waals surface area contributed by atoms with Gasteiger partial charge in [0.2, 0.25) is 0 Å². The van der Waals surface area contributed by atoms with Crippen LogP contribution in [0.1, 0.15) is 25.5 Å². The highest BCUT2D eigenvalue weighted by atomic mass is 32.1. The molecule has 1 aromatic rings. The van der Waals surface area contributed by atoms with E-state index in [-0.39, 0.29) is 0 Å². The highest BCUT2D eigenvalue weighted by molar-refractivity contribution is 7.13. The fourth-order valence-electron chi connectivity index (χ4n) is 1.45. The summed E-state index contributed by atoms with van der Waals surface area (Å²) in [4.78, 5) is 8.82. The van der Waals surface area contributed by atoms with Gasteiger partial charge in [-0.25, -0.2) is 4.98 Å². The number of rotatable bonds is 3. The van der Waals surface area contributed by atoms with Crippen LogP contribution in [0.5, 0.6) is 0 Å². The van der Waals surface area contributed by atoms with E-state index >= 15 is 0 Å². The van der Waals surface area contributed by atoms with E-state index in [1.54, 1.807) is 11.3 Å². The molecule has 0 amide bonds. The third-order valence-electron chi connectivity index (χ3n) is 2.18. The zero-order valence-corrected chi connectivity index (χ0v) is 9.73. The number of guanidine groups is 1. The van der Waals surface area contributed by atoms with Crippen LogP contribution < -0.4 is 10.6 Å². The second-order valence-electron chi connectivity index (χ2n) is 3.53. The van der Waals surface area contributed by atoms with E-state index in [1.165, 1.54) is 5.69 Å². The Kier molecular flexibility index (Phi) is 3.55. The minimum atomic E-state index is 0.860. The van der Waals surface area contributed by atoms with Crippen LogP contribution in [-0.2, 0) is 6.42 Å². The lowest BCUT2D eigenvalue weighted by Gasteiger charge is -2.14. The molecule has 0 fully saturated rings. The van der Waals surface area contributed by atoms with Gasteiger partial charge < -0.3 is 10.6 Å². The molecule has 0 aromatic carbocycles. The quantitative estimate of drug-likeness (QED) is 0.824. The number of aryl methyl sites for hydroxylation is 1. The Labute approximate surface area is 93.8 Å². The van der Waals surface area contributed by atoms with Gasteiger partial charge in [-0.3, -0.25) is 4.99 Å². The standard InChI is InChI=1S/C10H16N4S/c1-2-4-8-7-15-10(13-8)14-9-11-5-3-6-12-9/h7H,2-6H2,1H3,(H2,11,12,13,14). The maximum atomic E-state index is 4.48. The number of aromatic nitrogens is 1. The van der Waals surface area contributed by atoms with Gasteiger partial charge in [0.1, 0.15) is 0 Å². The molecule has 0 spiro atoms. The monoisotopic (exact) mass is 224 g/mol. The Morgan fingerprint density at radius 2 is 2.53 bits per heavy atom. The van der Waals surface area contributed by atoms with Gasteiger partial charge in [0.25, 0.3) is 0 Å². The Hall–Kier alpha value is -1.10. The summed E-state index contributed by atoms with van der Waals surface area (Å²) < 4.78 is 0. The number of nitrogens with zero attached hydrogens (tertiary/aromatic N) is 2. The molecule has 0 radical (unpaired) electrons. The molecule has 4 nitrogen and oxygen atoms in total. The summed E-state index contributed by atoms with van der Waals surface area (Å²) >= 11 is 1.64. The Balaban J connectivity index is 1.94. The average Bonchev–Trinajstić information content (AvgIpc) is 2.68. The van der Waals surface area contributed by atoms with Gasteiger partial charge in [-0.1, -0.05) is 13.3 Å². The SMILES string of the molecule is CCCc1csc(NC2=NCCCN2)n1. The van der Waals surface area contributed by atoms with Crippen LogP contribution in [-0.4, -0.2) is 24.0 Å². The summed E-state index contributed by atoms with van der Waals surface area (Å²) in [6.07, 6.45) is 3.31. The van der Waals surface area contributed by atoms with Gasteiger partial charge in [-0.05, 0) is 12.8 Å². The topological polar surface area (TPSA) is 49.3 Å². The fraction of sp³-hybridized carbons (Fsp3) is 0.600. The van der Waals surface area contributed by atoms with E-state index in [9.17, 15) is 0 Å². The van der Waals surface area contributed by atoms with Crippen molar-refractivity contribution in [3.8, 4) is 0 Å². The summed E-state index contributed by atoms with van der Waals surface area (Å²) in [5.41, 5.74) is 1.17. The zero-order valence-electron chi connectivity index (χ0n) is 8.92. The van der Waals surface area contributed by atoms with E-state index in [0.29, 0.717) is 0 Å². The fourth-order valence-corrected chi connectivity index (χ4v) is 2.20. The minimum Gasteiger partial charge on any atom is -0.356 e. The second kappa shape index (κ2) is 5.11. The minimum absolute atomic E-state index is 0.860. The highest BCUT2D eigenvalue weighted by Crippen LogP contribution is 2.16. The van der Waals surface area contributed by atoms with Crippen molar-refractivity contribution in [1.82, 2.24) is 10.3 Å². The Bertz CT molecular complexity index is 345. The Morgan fingerprint density at radius 3 is 3.27 bits per heavy atom. The normalized spacial score (nSPS) is 15.7. The van der Waals surface area contributed by atoms with E-state index in [4.69, 9.17) is 0 Å². The summed E-state index contributed by atoms with van der Waals surface area (Å²) in [6.45, 7) is 4.07. The molecular formula is C10H16N4S. The zero-order chi connectivity index (χ0) is 10.5. The van der Waals surface area contributed by atoms with Crippen molar-refractivity contribution in [3.63, 3.8) is 0 Å². The lowest BCUT2D eigenvalue weighted by Crippen LogP contribution is -2.35. The van der Waals surface area contributed by atoms with Gasteiger partial charge in [0, 0.05) is 18.5 Å². The first-order chi connectivity index (χ1) is 7.38. The molecule has 0 saturated carbocycles. The smallest absolute Gasteiger partial charge is 0.197 e. The van der Waals surface area contributed by atoms with Crippen molar-refractivity contribution >= 4 is 22.4 Å². The van der Waals surface area contributed by atoms with Crippen LogP contribution in [0.4, 0.5) is 5.13 Å². The van der Waals surface area contributed by atoms with Gasteiger partial charge in [0.05, 0.1) is 5.69 Å². The molecule has 82 valence electrons. The highest BCUT2D eigenvalue weighted by Gasteiger charge is 2.06. The lowest BCUT2D eigenvalue weighted by molar-refractivity contribution is 0.740. The molecule has 0 saturated heterocycles. The van der Waals surface area contributed by atoms with Crippen molar-refractivity contribution < 1.29 is 0 Å². The first-order valence-electron chi connectivity index (χ1n) is 5.38. The van der Waals surface area contributed by atoms with Crippen molar-refractivity contribution in [1.29, 1.82) is 0 Å². The molecule has 15 heavy (non-hydrogen) atoms. The van der Waals surface area contributed by atoms with Crippen LogP contribution in [0, 0.1) is 0 Å². The predicted molar refractivity (Wildman–Crippen MR) is 64.7 cm³/mol.